The predicted octanol–water partition coefficient (Wildman–Crippen LogP) is 4.77. The number of carbonyl (C=O) groups is 2. The fourth-order valence-electron chi connectivity index (χ4n) is 4.53. The Labute approximate surface area is 208 Å². The molecule has 0 unspecified atom stereocenters. The van der Waals surface area contributed by atoms with E-state index >= 15 is 0 Å². The largest absolute Gasteiger partial charge is 0.422 e. The predicted molar refractivity (Wildman–Crippen MR) is 141 cm³/mol. The van der Waals surface area contributed by atoms with Crippen LogP contribution in [-0.2, 0) is 4.79 Å². The molecule has 7 heteroatoms. The number of para-hydroxylation sites is 3. The van der Waals surface area contributed by atoms with E-state index < -0.39 is 5.63 Å². The molecule has 1 aliphatic rings. The van der Waals surface area contributed by atoms with Gasteiger partial charge in [0.05, 0.1) is 16.9 Å². The van der Waals surface area contributed by atoms with Crippen molar-refractivity contribution in [1.29, 1.82) is 0 Å². The number of hydrogen-bond acceptors (Lipinski definition) is 5. The molecule has 1 aromatic heterocycles. The van der Waals surface area contributed by atoms with Crippen molar-refractivity contribution in [3.05, 3.63) is 94.8 Å². The van der Waals surface area contributed by atoms with Crippen LogP contribution in [0.15, 0.2) is 88.1 Å². The standard InChI is InChI=1S/C29H27N3O4/c1-2-27(33)32-17-15-31(16-18-32)25-9-5-4-8-24(25)30-28(34)21-13-11-20(12-14-21)23-19-22-7-3-6-10-26(22)36-29(23)35/h3-14,19H,2,15-18H2,1H3,(H,30,34). The molecular formula is C29H27N3O4. The number of anilines is 2. The van der Waals surface area contributed by atoms with Crippen molar-refractivity contribution < 1.29 is 14.0 Å². The molecular weight excluding hydrogens is 454 g/mol. The van der Waals surface area contributed by atoms with Gasteiger partial charge in [-0.05, 0) is 42.0 Å². The first-order valence-corrected chi connectivity index (χ1v) is 12.1. The summed E-state index contributed by atoms with van der Waals surface area (Å²) in [6.07, 6.45) is 0.511. The van der Waals surface area contributed by atoms with E-state index in [0.29, 0.717) is 54.9 Å². The average Bonchev–Trinajstić information content (AvgIpc) is 2.92. The molecule has 4 aromatic rings. The van der Waals surface area contributed by atoms with Crippen LogP contribution >= 0.6 is 0 Å². The smallest absolute Gasteiger partial charge is 0.344 e. The zero-order valence-electron chi connectivity index (χ0n) is 20.1. The van der Waals surface area contributed by atoms with Crippen LogP contribution in [0.2, 0.25) is 0 Å². The molecule has 182 valence electrons. The minimum absolute atomic E-state index is 0.168. The van der Waals surface area contributed by atoms with Gasteiger partial charge in [0, 0.05) is 43.5 Å². The number of piperazine rings is 1. The van der Waals surface area contributed by atoms with E-state index in [1.165, 1.54) is 0 Å². The van der Waals surface area contributed by atoms with E-state index in [1.807, 2.05) is 54.3 Å². The van der Waals surface area contributed by atoms with Crippen molar-refractivity contribution in [2.45, 2.75) is 13.3 Å². The maximum atomic E-state index is 13.1. The van der Waals surface area contributed by atoms with E-state index in [9.17, 15) is 14.4 Å². The quantitative estimate of drug-likeness (QED) is 0.415. The average molecular weight is 482 g/mol. The maximum absolute atomic E-state index is 13.1. The molecule has 0 saturated carbocycles. The van der Waals surface area contributed by atoms with E-state index in [4.69, 9.17) is 4.42 Å². The van der Waals surface area contributed by atoms with Crippen LogP contribution in [0.4, 0.5) is 11.4 Å². The van der Waals surface area contributed by atoms with Gasteiger partial charge < -0.3 is 19.5 Å². The summed E-state index contributed by atoms with van der Waals surface area (Å²) < 4.78 is 5.44. The van der Waals surface area contributed by atoms with Gasteiger partial charge in [-0.3, -0.25) is 9.59 Å². The first-order valence-electron chi connectivity index (χ1n) is 12.1. The number of hydrogen-bond donors (Lipinski definition) is 1. The highest BCUT2D eigenvalue weighted by Gasteiger charge is 2.22. The Bertz CT molecular complexity index is 1470. The number of nitrogens with zero attached hydrogens (tertiary/aromatic N) is 2. The van der Waals surface area contributed by atoms with Gasteiger partial charge in [-0.15, -0.1) is 0 Å². The summed E-state index contributed by atoms with van der Waals surface area (Å²) in [7, 11) is 0. The lowest BCUT2D eigenvalue weighted by molar-refractivity contribution is -0.131. The number of rotatable bonds is 5. The minimum Gasteiger partial charge on any atom is -0.422 e. The molecule has 1 aliphatic heterocycles. The van der Waals surface area contributed by atoms with Gasteiger partial charge in [-0.2, -0.15) is 0 Å². The molecule has 1 saturated heterocycles. The first kappa shape index (κ1) is 23.4. The van der Waals surface area contributed by atoms with Crippen LogP contribution < -0.4 is 15.8 Å². The van der Waals surface area contributed by atoms with Gasteiger partial charge in [0.1, 0.15) is 5.58 Å². The normalized spacial score (nSPS) is 13.6. The van der Waals surface area contributed by atoms with Crippen molar-refractivity contribution in [3.63, 3.8) is 0 Å². The van der Waals surface area contributed by atoms with Crippen molar-refractivity contribution in [2.24, 2.45) is 0 Å². The summed E-state index contributed by atoms with van der Waals surface area (Å²) in [5, 5.41) is 3.86. The number of carbonyl (C=O) groups excluding carboxylic acids is 2. The highest BCUT2D eigenvalue weighted by molar-refractivity contribution is 6.06. The molecule has 7 nitrogen and oxygen atoms in total. The second-order valence-corrected chi connectivity index (χ2v) is 8.76. The molecule has 0 aliphatic carbocycles. The van der Waals surface area contributed by atoms with Crippen molar-refractivity contribution in [1.82, 2.24) is 4.90 Å². The van der Waals surface area contributed by atoms with Gasteiger partial charge in [0.2, 0.25) is 5.91 Å². The Morgan fingerprint density at radius 3 is 2.33 bits per heavy atom. The fraction of sp³-hybridized carbons (Fsp3) is 0.207. The molecule has 36 heavy (non-hydrogen) atoms. The second kappa shape index (κ2) is 10.1. The number of fused-ring (bicyclic) bond motifs is 1. The van der Waals surface area contributed by atoms with E-state index in [2.05, 4.69) is 10.2 Å². The zero-order valence-corrected chi connectivity index (χ0v) is 20.1. The molecule has 2 amide bonds. The van der Waals surface area contributed by atoms with E-state index in [0.717, 1.165) is 16.8 Å². The number of amides is 2. The molecule has 2 heterocycles. The van der Waals surface area contributed by atoms with Gasteiger partial charge >= 0.3 is 5.63 Å². The monoisotopic (exact) mass is 481 g/mol. The third-order valence-corrected chi connectivity index (χ3v) is 6.53. The number of benzene rings is 3. The lowest BCUT2D eigenvalue weighted by atomic mass is 10.0. The van der Waals surface area contributed by atoms with Gasteiger partial charge in [0.25, 0.3) is 5.91 Å². The Hall–Kier alpha value is -4.39. The topological polar surface area (TPSA) is 82.9 Å². The molecule has 5 rings (SSSR count). The third kappa shape index (κ3) is 4.73. The molecule has 0 radical (unpaired) electrons. The second-order valence-electron chi connectivity index (χ2n) is 8.76. The molecule has 1 fully saturated rings. The van der Waals surface area contributed by atoms with Gasteiger partial charge in [0.15, 0.2) is 0 Å². The van der Waals surface area contributed by atoms with E-state index in [1.54, 1.807) is 36.4 Å². The van der Waals surface area contributed by atoms with Gasteiger partial charge in [-0.1, -0.05) is 49.4 Å². The Morgan fingerprint density at radius 2 is 1.58 bits per heavy atom. The third-order valence-electron chi connectivity index (χ3n) is 6.53. The zero-order chi connectivity index (χ0) is 25.1. The molecule has 0 spiro atoms. The van der Waals surface area contributed by atoms with Crippen LogP contribution in [0.1, 0.15) is 23.7 Å². The first-order chi connectivity index (χ1) is 17.5. The summed E-state index contributed by atoms with van der Waals surface area (Å²) in [6, 6.07) is 23.8. The summed E-state index contributed by atoms with van der Waals surface area (Å²) >= 11 is 0. The van der Waals surface area contributed by atoms with Gasteiger partial charge in [-0.25, -0.2) is 4.79 Å². The maximum Gasteiger partial charge on any atom is 0.344 e. The fourth-order valence-corrected chi connectivity index (χ4v) is 4.53. The van der Waals surface area contributed by atoms with Crippen LogP contribution in [0, 0.1) is 0 Å². The van der Waals surface area contributed by atoms with Crippen molar-refractivity contribution in [2.75, 3.05) is 36.4 Å². The SMILES string of the molecule is CCC(=O)N1CCN(c2ccccc2NC(=O)c2ccc(-c3cc4ccccc4oc3=O)cc2)CC1. The van der Waals surface area contributed by atoms with Crippen LogP contribution in [-0.4, -0.2) is 42.9 Å². The lowest BCUT2D eigenvalue weighted by Gasteiger charge is -2.36. The van der Waals surface area contributed by atoms with E-state index in [-0.39, 0.29) is 11.8 Å². The van der Waals surface area contributed by atoms with Crippen LogP contribution in [0.5, 0.6) is 0 Å². The van der Waals surface area contributed by atoms with Crippen molar-refractivity contribution in [3.8, 4) is 11.1 Å². The minimum atomic E-state index is -0.416. The highest BCUT2D eigenvalue weighted by atomic mass is 16.4. The summed E-state index contributed by atoms with van der Waals surface area (Å²) in [6.45, 7) is 4.63. The molecule has 3 aromatic carbocycles. The summed E-state index contributed by atoms with van der Waals surface area (Å²) in [4.78, 5) is 41.6. The molecule has 0 atom stereocenters. The van der Waals surface area contributed by atoms with Crippen LogP contribution in [0.3, 0.4) is 0 Å². The molecule has 1 N–H and O–H groups in total. The van der Waals surface area contributed by atoms with Crippen LogP contribution in [0.25, 0.3) is 22.1 Å². The highest BCUT2D eigenvalue weighted by Crippen LogP contribution is 2.28. The summed E-state index contributed by atoms with van der Waals surface area (Å²) in [5.74, 6) is -0.0690. The summed E-state index contributed by atoms with van der Waals surface area (Å²) in [5.41, 5.74) is 3.39. The van der Waals surface area contributed by atoms with Crippen molar-refractivity contribution >= 4 is 34.2 Å². The Kier molecular flexibility index (Phi) is 6.54. The lowest BCUT2D eigenvalue weighted by Crippen LogP contribution is -2.48. The Balaban J connectivity index is 1.32. The molecule has 0 bridgehead atoms. The number of nitrogens with one attached hydrogen (secondary N) is 1. The Morgan fingerprint density at radius 1 is 0.889 bits per heavy atom.